The second kappa shape index (κ2) is 4.46. The predicted molar refractivity (Wildman–Crippen MR) is 67.4 cm³/mol. The summed E-state index contributed by atoms with van der Waals surface area (Å²) in [5.74, 6) is -2.02. The summed E-state index contributed by atoms with van der Waals surface area (Å²) in [4.78, 5) is 0. The minimum Gasteiger partial charge on any atom is -0.343 e. The van der Waals surface area contributed by atoms with Crippen LogP contribution in [0.5, 0.6) is 0 Å². The zero-order chi connectivity index (χ0) is 13.4. The molecule has 2 aromatic carbocycles. The first-order valence-electron chi connectivity index (χ1n) is 5.82. The zero-order valence-electron chi connectivity index (χ0n) is 9.91. The maximum Gasteiger partial charge on any atom is 0.163 e. The Morgan fingerprint density at radius 2 is 1.79 bits per heavy atom. The Morgan fingerprint density at radius 3 is 2.63 bits per heavy atom. The van der Waals surface area contributed by atoms with Crippen molar-refractivity contribution in [3.8, 4) is 0 Å². The van der Waals surface area contributed by atoms with E-state index in [0.29, 0.717) is 0 Å². The summed E-state index contributed by atoms with van der Waals surface area (Å²) in [6, 6.07) is 10.2. The number of rotatable bonds is 2. The van der Waals surface area contributed by atoms with E-state index in [1.165, 1.54) is 24.3 Å². The Kier molecular flexibility index (Phi) is 2.78. The number of hydrogen-bond donors (Lipinski definition) is 0. The molecule has 0 amide bonds. The summed E-state index contributed by atoms with van der Waals surface area (Å²) < 4.78 is 41.6. The first kappa shape index (κ1) is 11.8. The normalized spacial score (nSPS) is 11.1. The Labute approximate surface area is 107 Å². The van der Waals surface area contributed by atoms with Gasteiger partial charge in [0.25, 0.3) is 0 Å². The lowest BCUT2D eigenvalue weighted by atomic mass is 10.2. The molecule has 1 nitrogen and oxygen atoms in total. The van der Waals surface area contributed by atoms with E-state index in [1.54, 1.807) is 22.9 Å². The van der Waals surface area contributed by atoms with Gasteiger partial charge in [-0.1, -0.05) is 12.1 Å². The van der Waals surface area contributed by atoms with Crippen LogP contribution < -0.4 is 0 Å². The Bertz CT molecular complexity index is 746. The maximum absolute atomic E-state index is 13.6. The molecule has 1 aromatic heterocycles. The van der Waals surface area contributed by atoms with E-state index in [1.807, 2.05) is 0 Å². The van der Waals surface area contributed by atoms with Crippen LogP contribution >= 0.6 is 0 Å². The van der Waals surface area contributed by atoms with Gasteiger partial charge in [-0.05, 0) is 30.3 Å². The van der Waals surface area contributed by atoms with Crippen LogP contribution in [0, 0.1) is 17.5 Å². The Hall–Kier alpha value is -2.23. The van der Waals surface area contributed by atoms with Crippen molar-refractivity contribution in [1.29, 1.82) is 0 Å². The molecule has 3 rings (SSSR count). The van der Waals surface area contributed by atoms with Crippen LogP contribution in [-0.4, -0.2) is 4.57 Å². The highest BCUT2D eigenvalue weighted by Crippen LogP contribution is 2.20. The summed E-state index contributed by atoms with van der Waals surface area (Å²) in [7, 11) is 0. The van der Waals surface area contributed by atoms with Gasteiger partial charge in [-0.25, -0.2) is 13.2 Å². The number of hydrogen-bond acceptors (Lipinski definition) is 0. The van der Waals surface area contributed by atoms with Gasteiger partial charge in [-0.2, -0.15) is 0 Å². The average molecular weight is 261 g/mol. The Balaban J connectivity index is 2.04. The van der Waals surface area contributed by atoms with Crippen LogP contribution in [-0.2, 0) is 6.54 Å². The molecule has 0 aliphatic carbocycles. The zero-order valence-corrected chi connectivity index (χ0v) is 9.91. The molecule has 0 saturated heterocycles. The van der Waals surface area contributed by atoms with Gasteiger partial charge in [-0.15, -0.1) is 0 Å². The minimum absolute atomic E-state index is 0.207. The molecule has 96 valence electrons. The fourth-order valence-corrected chi connectivity index (χ4v) is 2.16. The lowest BCUT2D eigenvalue weighted by Crippen LogP contribution is -2.02. The van der Waals surface area contributed by atoms with Crippen molar-refractivity contribution < 1.29 is 13.2 Å². The fourth-order valence-electron chi connectivity index (χ4n) is 2.16. The first-order chi connectivity index (χ1) is 9.15. The summed E-state index contributed by atoms with van der Waals surface area (Å²) in [6.45, 7) is 0.207. The first-order valence-corrected chi connectivity index (χ1v) is 5.82. The number of aromatic nitrogens is 1. The summed E-state index contributed by atoms with van der Waals surface area (Å²) in [6.07, 6.45) is 1.73. The molecule has 19 heavy (non-hydrogen) atoms. The van der Waals surface area contributed by atoms with E-state index in [4.69, 9.17) is 0 Å². The average Bonchev–Trinajstić information content (AvgIpc) is 2.77. The van der Waals surface area contributed by atoms with Gasteiger partial charge in [0, 0.05) is 22.7 Å². The van der Waals surface area contributed by atoms with E-state index in [2.05, 4.69) is 0 Å². The quantitative estimate of drug-likeness (QED) is 0.654. The maximum atomic E-state index is 13.6. The van der Waals surface area contributed by atoms with Crippen molar-refractivity contribution in [3.05, 3.63) is 71.7 Å². The molecule has 3 aromatic rings. The van der Waals surface area contributed by atoms with Crippen molar-refractivity contribution in [2.75, 3.05) is 0 Å². The molecule has 0 aliphatic rings. The van der Waals surface area contributed by atoms with Crippen LogP contribution in [0.3, 0.4) is 0 Å². The van der Waals surface area contributed by atoms with Crippen molar-refractivity contribution >= 4 is 10.9 Å². The molecular formula is C15H10F3N. The van der Waals surface area contributed by atoms with Crippen molar-refractivity contribution in [1.82, 2.24) is 4.57 Å². The lowest BCUT2D eigenvalue weighted by Gasteiger charge is -2.07. The highest BCUT2D eigenvalue weighted by atomic mass is 19.2. The van der Waals surface area contributed by atoms with Crippen LogP contribution in [0.25, 0.3) is 10.9 Å². The van der Waals surface area contributed by atoms with Crippen molar-refractivity contribution in [2.45, 2.75) is 6.54 Å². The SMILES string of the molecule is Fc1ccc2c(ccn2Cc2cccc(F)c2F)c1. The fraction of sp³-hybridized carbons (Fsp3) is 0.0667. The van der Waals surface area contributed by atoms with Gasteiger partial charge < -0.3 is 4.57 Å². The molecule has 0 spiro atoms. The van der Waals surface area contributed by atoms with Crippen molar-refractivity contribution in [3.63, 3.8) is 0 Å². The van der Waals surface area contributed by atoms with Gasteiger partial charge >= 0.3 is 0 Å². The molecule has 0 atom stereocenters. The van der Waals surface area contributed by atoms with Crippen molar-refractivity contribution in [2.24, 2.45) is 0 Å². The number of benzene rings is 2. The van der Waals surface area contributed by atoms with E-state index in [9.17, 15) is 13.2 Å². The summed E-state index contributed by atoms with van der Waals surface area (Å²) in [5.41, 5.74) is 1.05. The molecule has 0 bridgehead atoms. The molecule has 0 N–H and O–H groups in total. The predicted octanol–water partition coefficient (Wildman–Crippen LogP) is 4.11. The number of nitrogens with zero attached hydrogens (tertiary/aromatic N) is 1. The van der Waals surface area contributed by atoms with Crippen LogP contribution in [0.2, 0.25) is 0 Å². The van der Waals surface area contributed by atoms with Crippen LogP contribution in [0.15, 0.2) is 48.7 Å². The van der Waals surface area contributed by atoms with Crippen LogP contribution in [0.4, 0.5) is 13.2 Å². The lowest BCUT2D eigenvalue weighted by molar-refractivity contribution is 0.496. The summed E-state index contributed by atoms with van der Waals surface area (Å²) >= 11 is 0. The molecule has 0 fully saturated rings. The number of fused-ring (bicyclic) bond motifs is 1. The molecular weight excluding hydrogens is 251 g/mol. The standard InChI is InChI=1S/C15H10F3N/c16-12-4-5-14-10(8-12)6-7-19(14)9-11-2-1-3-13(17)15(11)18/h1-8H,9H2. The van der Waals surface area contributed by atoms with Crippen LogP contribution in [0.1, 0.15) is 5.56 Å². The smallest absolute Gasteiger partial charge is 0.163 e. The molecule has 1 heterocycles. The second-order valence-corrected chi connectivity index (χ2v) is 4.36. The molecule has 0 radical (unpaired) electrons. The number of halogens is 3. The second-order valence-electron chi connectivity index (χ2n) is 4.36. The topological polar surface area (TPSA) is 4.93 Å². The third-order valence-corrected chi connectivity index (χ3v) is 3.11. The van der Waals surface area contributed by atoms with E-state index in [-0.39, 0.29) is 17.9 Å². The van der Waals surface area contributed by atoms with E-state index in [0.717, 1.165) is 17.0 Å². The third kappa shape index (κ3) is 2.10. The molecule has 0 saturated carbocycles. The molecule has 0 unspecified atom stereocenters. The summed E-state index contributed by atoms with van der Waals surface area (Å²) in [5, 5.41) is 0.733. The monoisotopic (exact) mass is 261 g/mol. The molecule has 0 aliphatic heterocycles. The van der Waals surface area contributed by atoms with Gasteiger partial charge in [0.05, 0.1) is 6.54 Å². The largest absolute Gasteiger partial charge is 0.343 e. The van der Waals surface area contributed by atoms with Gasteiger partial charge in [0.2, 0.25) is 0 Å². The highest BCUT2D eigenvalue weighted by Gasteiger charge is 2.09. The minimum atomic E-state index is -0.861. The van der Waals surface area contributed by atoms with Gasteiger partial charge in [-0.3, -0.25) is 0 Å². The highest BCUT2D eigenvalue weighted by molar-refractivity contribution is 5.80. The van der Waals surface area contributed by atoms with Gasteiger partial charge in [0.15, 0.2) is 11.6 Å². The molecule has 4 heteroatoms. The third-order valence-electron chi connectivity index (χ3n) is 3.11. The van der Waals surface area contributed by atoms with E-state index < -0.39 is 11.6 Å². The van der Waals surface area contributed by atoms with Gasteiger partial charge in [0.1, 0.15) is 5.82 Å². The van der Waals surface area contributed by atoms with E-state index >= 15 is 0 Å². The Morgan fingerprint density at radius 1 is 0.947 bits per heavy atom.